The number of fused-ring (bicyclic) bond motifs is 1. The van der Waals surface area contributed by atoms with E-state index in [0.717, 1.165) is 30.5 Å². The largest absolute Gasteiger partial charge is 0.332 e. The Kier molecular flexibility index (Phi) is 5.78. The number of nitrogens with zero attached hydrogens (tertiary/aromatic N) is 3. The molecule has 102 valence electrons. The summed E-state index contributed by atoms with van der Waals surface area (Å²) >= 11 is 1.78. The van der Waals surface area contributed by atoms with Crippen LogP contribution in [-0.2, 0) is 17.9 Å². The summed E-state index contributed by atoms with van der Waals surface area (Å²) < 4.78 is 2.11. The van der Waals surface area contributed by atoms with Crippen molar-refractivity contribution in [3.05, 3.63) is 18.2 Å². The van der Waals surface area contributed by atoms with Crippen molar-refractivity contribution in [2.45, 2.75) is 19.1 Å². The van der Waals surface area contributed by atoms with Crippen LogP contribution in [0.25, 0.3) is 0 Å². The third-order valence-electron chi connectivity index (χ3n) is 3.07. The summed E-state index contributed by atoms with van der Waals surface area (Å²) in [6, 6.07) is 0.00603. The molecule has 5 nitrogen and oxygen atoms in total. The van der Waals surface area contributed by atoms with Gasteiger partial charge >= 0.3 is 0 Å². The second-order valence-corrected chi connectivity index (χ2v) is 5.10. The average Bonchev–Trinajstić information content (AvgIpc) is 2.98. The summed E-state index contributed by atoms with van der Waals surface area (Å²) in [4.78, 5) is 18.3. The van der Waals surface area contributed by atoms with Gasteiger partial charge in [0, 0.05) is 37.1 Å². The molecule has 0 bridgehead atoms. The zero-order chi connectivity index (χ0) is 11.0. The zero-order valence-corrected chi connectivity index (χ0v) is 12.2. The normalized spacial score (nSPS) is 21.8. The van der Waals surface area contributed by atoms with E-state index in [4.69, 9.17) is 0 Å². The van der Waals surface area contributed by atoms with Crippen LogP contribution in [0.2, 0.25) is 0 Å². The van der Waals surface area contributed by atoms with Crippen molar-refractivity contribution in [2.24, 2.45) is 0 Å². The summed E-state index contributed by atoms with van der Waals surface area (Å²) in [6.45, 7) is 2.31. The molecule has 18 heavy (non-hydrogen) atoms. The Bertz CT molecular complexity index is 408. The van der Waals surface area contributed by atoms with Crippen LogP contribution in [0.4, 0.5) is 0 Å². The molecule has 1 saturated heterocycles. The molecule has 8 heteroatoms. The van der Waals surface area contributed by atoms with Gasteiger partial charge in [0.15, 0.2) is 0 Å². The number of nitrogens with one attached hydrogen (secondary N) is 1. The highest BCUT2D eigenvalue weighted by atomic mass is 35.5. The molecule has 0 aliphatic carbocycles. The van der Waals surface area contributed by atoms with Gasteiger partial charge in [-0.2, -0.15) is 0 Å². The van der Waals surface area contributed by atoms with Gasteiger partial charge in [0.1, 0.15) is 5.82 Å². The summed E-state index contributed by atoms with van der Waals surface area (Å²) in [5.41, 5.74) is 0. The number of amides is 1. The molecule has 3 heterocycles. The van der Waals surface area contributed by atoms with Gasteiger partial charge in [-0.15, -0.1) is 36.6 Å². The molecule has 0 saturated carbocycles. The predicted octanol–water partition coefficient (Wildman–Crippen LogP) is 0.731. The highest BCUT2D eigenvalue weighted by Gasteiger charge is 2.29. The molecule has 1 aromatic rings. The lowest BCUT2D eigenvalue weighted by molar-refractivity contribution is -0.134. The lowest BCUT2D eigenvalue weighted by Gasteiger charge is -2.29. The maximum Gasteiger partial charge on any atom is 0.241 e. The average molecular weight is 311 g/mol. The van der Waals surface area contributed by atoms with E-state index >= 15 is 0 Å². The minimum atomic E-state index is 0. The molecular weight excluding hydrogens is 295 g/mol. The highest BCUT2D eigenvalue weighted by Crippen LogP contribution is 2.16. The van der Waals surface area contributed by atoms with Crippen molar-refractivity contribution < 1.29 is 4.79 Å². The van der Waals surface area contributed by atoms with Gasteiger partial charge in [-0.05, 0) is 0 Å². The van der Waals surface area contributed by atoms with Gasteiger partial charge in [-0.1, -0.05) is 0 Å². The minimum absolute atomic E-state index is 0. The maximum absolute atomic E-state index is 12.1. The smallest absolute Gasteiger partial charge is 0.241 e. The second-order valence-electron chi connectivity index (χ2n) is 4.07. The first kappa shape index (κ1) is 15.6. The van der Waals surface area contributed by atoms with Crippen LogP contribution in [0, 0.1) is 0 Å². The SMILES string of the molecule is Cl.Cl.O=C(C1CSCN1)N1CCn2ccnc2C1. The standard InChI is InChI=1S/C10H14N4OS.2ClH/c15-10(8-6-16-7-12-8)14-4-3-13-2-1-11-9(13)5-14;;/h1-2,8,12H,3-7H2;2*1H. The molecule has 1 unspecified atom stereocenters. The maximum atomic E-state index is 12.1. The number of halogens is 2. The van der Waals surface area contributed by atoms with E-state index in [1.54, 1.807) is 18.0 Å². The minimum Gasteiger partial charge on any atom is -0.332 e. The van der Waals surface area contributed by atoms with Crippen LogP contribution in [0.15, 0.2) is 12.4 Å². The topological polar surface area (TPSA) is 50.2 Å². The van der Waals surface area contributed by atoms with E-state index < -0.39 is 0 Å². The fourth-order valence-corrected chi connectivity index (χ4v) is 3.07. The summed E-state index contributed by atoms with van der Waals surface area (Å²) in [7, 11) is 0. The Morgan fingerprint density at radius 2 is 2.28 bits per heavy atom. The zero-order valence-electron chi connectivity index (χ0n) is 9.74. The van der Waals surface area contributed by atoms with E-state index in [1.165, 1.54) is 0 Å². The highest BCUT2D eigenvalue weighted by molar-refractivity contribution is 7.99. The molecule has 2 aliphatic heterocycles. The molecule has 0 aromatic carbocycles. The molecule has 2 aliphatic rings. The van der Waals surface area contributed by atoms with Crippen molar-refractivity contribution >= 4 is 42.5 Å². The predicted molar refractivity (Wildman–Crippen MR) is 76.4 cm³/mol. The number of aromatic nitrogens is 2. The summed E-state index contributed by atoms with van der Waals surface area (Å²) in [5.74, 6) is 2.99. The number of rotatable bonds is 1. The lowest BCUT2D eigenvalue weighted by Crippen LogP contribution is -2.47. The fraction of sp³-hybridized carbons (Fsp3) is 0.600. The van der Waals surface area contributed by atoms with Crippen LogP contribution in [0.5, 0.6) is 0 Å². The Labute approximate surface area is 123 Å². The Morgan fingerprint density at radius 1 is 1.44 bits per heavy atom. The first-order valence-electron chi connectivity index (χ1n) is 5.44. The number of hydrogen-bond acceptors (Lipinski definition) is 4. The van der Waals surface area contributed by atoms with Crippen molar-refractivity contribution in [1.29, 1.82) is 0 Å². The molecule has 1 atom stereocenters. The number of thioether (sulfide) groups is 1. The van der Waals surface area contributed by atoms with Crippen molar-refractivity contribution in [3.8, 4) is 0 Å². The first-order valence-corrected chi connectivity index (χ1v) is 6.60. The van der Waals surface area contributed by atoms with Gasteiger partial charge in [-0.3, -0.25) is 10.1 Å². The molecule has 0 spiro atoms. The van der Waals surface area contributed by atoms with Crippen LogP contribution in [0.3, 0.4) is 0 Å². The van der Waals surface area contributed by atoms with Crippen LogP contribution in [-0.4, -0.2) is 44.6 Å². The molecule has 1 fully saturated rings. The number of carbonyl (C=O) groups excluding carboxylic acids is 1. The van der Waals surface area contributed by atoms with Gasteiger partial charge in [0.25, 0.3) is 0 Å². The van der Waals surface area contributed by atoms with Gasteiger partial charge in [-0.25, -0.2) is 4.98 Å². The first-order chi connectivity index (χ1) is 7.84. The summed E-state index contributed by atoms with van der Waals surface area (Å²) in [5, 5.41) is 3.22. The van der Waals surface area contributed by atoms with Crippen molar-refractivity contribution in [2.75, 3.05) is 18.2 Å². The van der Waals surface area contributed by atoms with E-state index in [9.17, 15) is 4.79 Å². The quantitative estimate of drug-likeness (QED) is 0.831. The van der Waals surface area contributed by atoms with Crippen LogP contribution >= 0.6 is 36.6 Å². The Hall–Kier alpha value is -0.430. The summed E-state index contributed by atoms with van der Waals surface area (Å²) in [6.07, 6.45) is 3.77. The molecule has 1 amide bonds. The van der Waals surface area contributed by atoms with E-state index in [0.29, 0.717) is 6.54 Å². The third kappa shape index (κ3) is 2.93. The molecular formula is C10H16Cl2N4OS. The fourth-order valence-electron chi connectivity index (χ4n) is 2.14. The molecule has 3 rings (SSSR count). The number of hydrogen-bond donors (Lipinski definition) is 1. The Balaban J connectivity index is 0.000000810. The Morgan fingerprint density at radius 3 is 3.00 bits per heavy atom. The van der Waals surface area contributed by atoms with Gasteiger partial charge in [0.2, 0.25) is 5.91 Å². The number of imidazole rings is 1. The van der Waals surface area contributed by atoms with E-state index in [1.807, 2.05) is 11.1 Å². The van der Waals surface area contributed by atoms with Crippen molar-refractivity contribution in [1.82, 2.24) is 19.8 Å². The van der Waals surface area contributed by atoms with Gasteiger partial charge in [0.05, 0.1) is 12.6 Å². The van der Waals surface area contributed by atoms with Crippen LogP contribution in [0.1, 0.15) is 5.82 Å². The monoisotopic (exact) mass is 310 g/mol. The van der Waals surface area contributed by atoms with Gasteiger partial charge < -0.3 is 9.47 Å². The van der Waals surface area contributed by atoms with Crippen LogP contribution < -0.4 is 5.32 Å². The number of carbonyl (C=O) groups is 1. The molecule has 0 radical (unpaired) electrons. The van der Waals surface area contributed by atoms with Crippen molar-refractivity contribution in [3.63, 3.8) is 0 Å². The van der Waals surface area contributed by atoms with E-state index in [-0.39, 0.29) is 36.8 Å². The second kappa shape index (κ2) is 6.65. The third-order valence-corrected chi connectivity index (χ3v) is 4.01. The molecule has 1 N–H and O–H groups in total. The van der Waals surface area contributed by atoms with E-state index in [2.05, 4.69) is 14.9 Å². The lowest BCUT2D eigenvalue weighted by atomic mass is 10.2. The molecule has 1 aromatic heterocycles.